The Balaban J connectivity index is 2.52. The minimum absolute atomic E-state index is 0.261. The van der Waals surface area contributed by atoms with Crippen molar-refractivity contribution >= 4 is 23.3 Å². The van der Waals surface area contributed by atoms with Crippen molar-refractivity contribution in [3.8, 4) is 0 Å². The zero-order valence-corrected chi connectivity index (χ0v) is 10.9. The van der Waals surface area contributed by atoms with Gasteiger partial charge in [0.2, 0.25) is 5.91 Å². The summed E-state index contributed by atoms with van der Waals surface area (Å²) in [6.07, 6.45) is -0.261. The maximum atomic E-state index is 11.5. The maximum Gasteiger partial charge on any atom is 0.315 e. The summed E-state index contributed by atoms with van der Waals surface area (Å²) in [6.45, 7) is 1.99. The van der Waals surface area contributed by atoms with E-state index in [1.807, 2.05) is 31.1 Å². The first kappa shape index (κ1) is 14.0. The molecule has 5 nitrogen and oxygen atoms in total. The molecule has 0 radical (unpaired) electrons. The Morgan fingerprint density at radius 2 is 1.83 bits per heavy atom. The fourth-order valence-corrected chi connectivity index (χ4v) is 1.39. The lowest BCUT2D eigenvalue weighted by molar-refractivity contribution is -0.145. The summed E-state index contributed by atoms with van der Waals surface area (Å²) in [5, 5.41) is 2.64. The molecule has 1 amide bonds. The number of ether oxygens (including phenoxy) is 1. The average Bonchev–Trinajstić information content (AvgIpc) is 2.29. The van der Waals surface area contributed by atoms with Gasteiger partial charge in [0.25, 0.3) is 0 Å². The van der Waals surface area contributed by atoms with Gasteiger partial charge in [-0.15, -0.1) is 0 Å². The van der Waals surface area contributed by atoms with Crippen LogP contribution in [0.1, 0.15) is 13.3 Å². The molecular weight excluding hydrogens is 232 g/mol. The molecule has 1 aromatic carbocycles. The van der Waals surface area contributed by atoms with E-state index in [1.54, 1.807) is 19.1 Å². The van der Waals surface area contributed by atoms with Crippen LogP contribution in [0.2, 0.25) is 0 Å². The van der Waals surface area contributed by atoms with E-state index >= 15 is 0 Å². The molecule has 0 saturated carbocycles. The van der Waals surface area contributed by atoms with Gasteiger partial charge in [0.05, 0.1) is 6.61 Å². The van der Waals surface area contributed by atoms with Crippen molar-refractivity contribution in [3.05, 3.63) is 24.3 Å². The lowest BCUT2D eigenvalue weighted by Gasteiger charge is -2.12. The summed E-state index contributed by atoms with van der Waals surface area (Å²) in [5.74, 6) is -0.883. The predicted molar refractivity (Wildman–Crippen MR) is 70.6 cm³/mol. The summed E-state index contributed by atoms with van der Waals surface area (Å²) in [4.78, 5) is 24.6. The Bertz CT molecular complexity index is 413. The van der Waals surface area contributed by atoms with E-state index in [9.17, 15) is 9.59 Å². The Hall–Kier alpha value is -2.04. The molecule has 1 rings (SSSR count). The van der Waals surface area contributed by atoms with Crippen LogP contribution in [0, 0.1) is 0 Å². The molecule has 0 aliphatic rings. The molecule has 0 heterocycles. The van der Waals surface area contributed by atoms with Crippen LogP contribution in [0.5, 0.6) is 0 Å². The van der Waals surface area contributed by atoms with E-state index in [4.69, 9.17) is 4.74 Å². The van der Waals surface area contributed by atoms with E-state index in [2.05, 4.69) is 5.32 Å². The highest BCUT2D eigenvalue weighted by Crippen LogP contribution is 2.15. The number of carbonyl (C=O) groups is 2. The molecule has 5 heteroatoms. The van der Waals surface area contributed by atoms with E-state index in [0.29, 0.717) is 5.69 Å². The number of anilines is 2. The third kappa shape index (κ3) is 4.45. The fourth-order valence-electron chi connectivity index (χ4n) is 1.39. The Morgan fingerprint density at radius 3 is 2.33 bits per heavy atom. The number of hydrogen-bond donors (Lipinski definition) is 1. The number of rotatable bonds is 5. The highest BCUT2D eigenvalue weighted by atomic mass is 16.5. The van der Waals surface area contributed by atoms with Crippen molar-refractivity contribution in [2.75, 3.05) is 30.9 Å². The molecule has 0 aromatic heterocycles. The predicted octanol–water partition coefficient (Wildman–Crippen LogP) is 1.64. The second kappa shape index (κ2) is 6.64. The molecule has 1 aromatic rings. The van der Waals surface area contributed by atoms with Crippen molar-refractivity contribution in [2.45, 2.75) is 13.3 Å². The summed E-state index contributed by atoms with van der Waals surface area (Å²) in [7, 11) is 3.88. The van der Waals surface area contributed by atoms with Crippen LogP contribution >= 0.6 is 0 Å². The second-order valence-electron chi connectivity index (χ2n) is 3.97. The van der Waals surface area contributed by atoms with Crippen molar-refractivity contribution < 1.29 is 14.3 Å². The lowest BCUT2D eigenvalue weighted by atomic mass is 10.2. The minimum atomic E-state index is -0.514. The molecular formula is C13H18N2O3. The molecule has 0 fully saturated rings. The number of amides is 1. The van der Waals surface area contributed by atoms with Gasteiger partial charge in [-0.1, -0.05) is 0 Å². The lowest BCUT2D eigenvalue weighted by Crippen LogP contribution is -2.18. The number of carbonyl (C=O) groups excluding carboxylic acids is 2. The molecule has 98 valence electrons. The number of hydrogen-bond acceptors (Lipinski definition) is 4. The SMILES string of the molecule is CCOC(=O)CC(=O)Nc1ccc(N(C)C)cc1. The summed E-state index contributed by atoms with van der Waals surface area (Å²) in [6, 6.07) is 7.36. The van der Waals surface area contributed by atoms with Crippen LogP contribution < -0.4 is 10.2 Å². The van der Waals surface area contributed by atoms with Gasteiger partial charge in [-0.2, -0.15) is 0 Å². The second-order valence-corrected chi connectivity index (χ2v) is 3.97. The zero-order chi connectivity index (χ0) is 13.5. The van der Waals surface area contributed by atoms with Crippen LogP contribution in [-0.2, 0) is 14.3 Å². The smallest absolute Gasteiger partial charge is 0.315 e. The molecule has 0 aliphatic heterocycles. The van der Waals surface area contributed by atoms with Crippen LogP contribution in [0.4, 0.5) is 11.4 Å². The normalized spacial score (nSPS) is 9.72. The van der Waals surface area contributed by atoms with Gasteiger partial charge in [-0.05, 0) is 31.2 Å². The summed E-state index contributed by atoms with van der Waals surface area (Å²) in [5.41, 5.74) is 1.70. The van der Waals surface area contributed by atoms with Crippen molar-refractivity contribution in [1.29, 1.82) is 0 Å². The number of nitrogens with one attached hydrogen (secondary N) is 1. The number of esters is 1. The fraction of sp³-hybridized carbons (Fsp3) is 0.385. The Labute approximate surface area is 107 Å². The van der Waals surface area contributed by atoms with E-state index < -0.39 is 5.97 Å². The summed E-state index contributed by atoms with van der Waals surface area (Å²) < 4.78 is 4.69. The van der Waals surface area contributed by atoms with Crippen LogP contribution in [0.15, 0.2) is 24.3 Å². The van der Waals surface area contributed by atoms with Crippen molar-refractivity contribution in [2.24, 2.45) is 0 Å². The van der Waals surface area contributed by atoms with Crippen LogP contribution in [-0.4, -0.2) is 32.6 Å². The maximum absolute atomic E-state index is 11.5. The molecule has 0 aliphatic carbocycles. The monoisotopic (exact) mass is 250 g/mol. The van der Waals surface area contributed by atoms with Gasteiger partial charge in [0, 0.05) is 25.5 Å². The summed E-state index contributed by atoms with van der Waals surface area (Å²) >= 11 is 0. The standard InChI is InChI=1S/C13H18N2O3/c1-4-18-13(17)9-12(16)14-10-5-7-11(8-6-10)15(2)3/h5-8H,4,9H2,1-3H3,(H,14,16). The van der Waals surface area contributed by atoms with Gasteiger partial charge < -0.3 is 15.0 Å². The largest absolute Gasteiger partial charge is 0.466 e. The quantitative estimate of drug-likeness (QED) is 0.637. The van der Waals surface area contributed by atoms with Gasteiger partial charge in [-0.3, -0.25) is 9.59 Å². The highest BCUT2D eigenvalue weighted by Gasteiger charge is 2.10. The third-order valence-electron chi connectivity index (χ3n) is 2.28. The van der Waals surface area contributed by atoms with Gasteiger partial charge >= 0.3 is 5.97 Å². The Morgan fingerprint density at radius 1 is 1.22 bits per heavy atom. The first-order valence-corrected chi connectivity index (χ1v) is 5.75. The van der Waals surface area contributed by atoms with E-state index in [0.717, 1.165) is 5.69 Å². The van der Waals surface area contributed by atoms with E-state index in [1.165, 1.54) is 0 Å². The molecule has 0 unspecified atom stereocenters. The van der Waals surface area contributed by atoms with Gasteiger partial charge in [-0.25, -0.2) is 0 Å². The third-order valence-corrected chi connectivity index (χ3v) is 2.28. The molecule has 0 spiro atoms. The molecule has 0 bridgehead atoms. The minimum Gasteiger partial charge on any atom is -0.466 e. The molecule has 18 heavy (non-hydrogen) atoms. The first-order chi connectivity index (χ1) is 8.52. The average molecular weight is 250 g/mol. The van der Waals surface area contributed by atoms with Crippen molar-refractivity contribution in [1.82, 2.24) is 0 Å². The zero-order valence-electron chi connectivity index (χ0n) is 10.9. The van der Waals surface area contributed by atoms with Crippen LogP contribution in [0.3, 0.4) is 0 Å². The van der Waals surface area contributed by atoms with Gasteiger partial charge in [0.1, 0.15) is 6.42 Å². The van der Waals surface area contributed by atoms with E-state index in [-0.39, 0.29) is 18.9 Å². The highest BCUT2D eigenvalue weighted by molar-refractivity contribution is 6.01. The topological polar surface area (TPSA) is 58.6 Å². The number of benzene rings is 1. The van der Waals surface area contributed by atoms with Crippen molar-refractivity contribution in [3.63, 3.8) is 0 Å². The molecule has 0 saturated heterocycles. The Kier molecular flexibility index (Phi) is 5.17. The molecule has 1 N–H and O–H groups in total. The number of nitrogens with zero attached hydrogens (tertiary/aromatic N) is 1. The molecule has 0 atom stereocenters. The van der Waals surface area contributed by atoms with Crippen LogP contribution in [0.25, 0.3) is 0 Å². The first-order valence-electron chi connectivity index (χ1n) is 5.75. The van der Waals surface area contributed by atoms with Gasteiger partial charge in [0.15, 0.2) is 0 Å².